The van der Waals surface area contributed by atoms with E-state index in [0.717, 1.165) is 49.1 Å². The van der Waals surface area contributed by atoms with Gasteiger partial charge in [-0.3, -0.25) is 4.79 Å². The van der Waals surface area contributed by atoms with Crippen LogP contribution in [0.4, 0.5) is 5.13 Å². The molecule has 2 unspecified atom stereocenters. The van der Waals surface area contributed by atoms with E-state index in [2.05, 4.69) is 10.3 Å². The Morgan fingerprint density at radius 1 is 1.22 bits per heavy atom. The van der Waals surface area contributed by atoms with Gasteiger partial charge in [0.15, 0.2) is 5.13 Å². The Balaban J connectivity index is 1.34. The Morgan fingerprint density at radius 2 is 1.93 bits per heavy atom. The number of methoxy groups -OCH3 is 1. The minimum Gasteiger partial charge on any atom is -0.497 e. The van der Waals surface area contributed by atoms with Crippen LogP contribution >= 0.6 is 22.9 Å². The highest BCUT2D eigenvalue weighted by Crippen LogP contribution is 2.64. The number of carbonyl (C=O) groups is 1. The average Bonchev–Trinajstić information content (AvgIpc) is 3.08. The number of amides is 1. The lowest BCUT2D eigenvalue weighted by Crippen LogP contribution is -2.57. The monoisotopic (exact) mass is 402 g/mol. The maximum absolute atomic E-state index is 13.2. The van der Waals surface area contributed by atoms with E-state index in [1.807, 2.05) is 29.6 Å². The molecule has 2 aromatic rings. The molecule has 4 aliphatic rings. The summed E-state index contributed by atoms with van der Waals surface area (Å²) >= 11 is 8.35. The van der Waals surface area contributed by atoms with Crippen molar-refractivity contribution in [2.24, 2.45) is 17.3 Å². The molecule has 4 saturated carbocycles. The molecular formula is C21H23ClN2O2S. The van der Waals surface area contributed by atoms with Crippen LogP contribution in [-0.4, -0.2) is 22.9 Å². The van der Waals surface area contributed by atoms with Gasteiger partial charge in [-0.05, 0) is 74.6 Å². The van der Waals surface area contributed by atoms with Crippen molar-refractivity contribution in [3.63, 3.8) is 0 Å². The van der Waals surface area contributed by atoms with E-state index in [1.165, 1.54) is 17.8 Å². The predicted molar refractivity (Wildman–Crippen MR) is 108 cm³/mol. The van der Waals surface area contributed by atoms with Gasteiger partial charge in [-0.2, -0.15) is 0 Å². The molecular weight excluding hydrogens is 380 g/mol. The van der Waals surface area contributed by atoms with Gasteiger partial charge in [-0.25, -0.2) is 4.98 Å². The summed E-state index contributed by atoms with van der Waals surface area (Å²) < 4.78 is 5.20. The molecule has 6 heteroatoms. The Kier molecular flexibility index (Phi) is 4.03. The predicted octanol–water partition coefficient (Wildman–Crippen LogP) is 5.34. The summed E-state index contributed by atoms with van der Waals surface area (Å²) in [6.45, 7) is 0. The zero-order valence-corrected chi connectivity index (χ0v) is 16.9. The molecule has 1 heterocycles. The lowest BCUT2D eigenvalue weighted by Gasteiger charge is -2.59. The summed E-state index contributed by atoms with van der Waals surface area (Å²) in [6.07, 6.45) is 6.21. The molecule has 4 nitrogen and oxygen atoms in total. The van der Waals surface area contributed by atoms with Gasteiger partial charge in [-0.1, -0.05) is 0 Å². The number of ether oxygens (including phenoxy) is 1. The standard InChI is InChI=1S/C21H23ClN2O2S/c1-26-16-4-2-15(3-5-16)17-11-27-19(23-17)24-18(25)20-7-13-6-14(8-20)10-21(22,9-13)12-20/h2-5,11,13-14H,6-10,12H2,1H3,(H,23,24,25)/t13-,14+,20?,21?. The van der Waals surface area contributed by atoms with Crippen molar-refractivity contribution >= 4 is 34.0 Å². The van der Waals surface area contributed by atoms with Crippen LogP contribution in [0.15, 0.2) is 29.6 Å². The highest BCUT2D eigenvalue weighted by molar-refractivity contribution is 7.14. The van der Waals surface area contributed by atoms with Gasteiger partial charge in [0.1, 0.15) is 5.75 Å². The summed E-state index contributed by atoms with van der Waals surface area (Å²) in [4.78, 5) is 17.7. The van der Waals surface area contributed by atoms with Gasteiger partial charge in [-0.15, -0.1) is 22.9 Å². The second-order valence-corrected chi connectivity index (χ2v) is 10.3. The fourth-order valence-corrected chi connectivity index (χ4v) is 7.28. The molecule has 4 aliphatic carbocycles. The first kappa shape index (κ1) is 17.5. The molecule has 0 saturated heterocycles. The number of anilines is 1. The fraction of sp³-hybridized carbons (Fsp3) is 0.524. The number of nitrogens with one attached hydrogen (secondary N) is 1. The van der Waals surface area contributed by atoms with E-state index in [1.54, 1.807) is 7.11 Å². The minimum atomic E-state index is -0.294. The molecule has 1 N–H and O–H groups in total. The molecule has 4 atom stereocenters. The van der Waals surface area contributed by atoms with Gasteiger partial charge in [0.05, 0.1) is 18.2 Å². The largest absolute Gasteiger partial charge is 0.497 e. The maximum atomic E-state index is 13.2. The summed E-state index contributed by atoms with van der Waals surface area (Å²) in [5, 5.41) is 5.77. The first-order valence-corrected chi connectivity index (χ1v) is 10.8. The number of halogens is 1. The van der Waals surface area contributed by atoms with Crippen molar-refractivity contribution in [2.45, 2.75) is 43.4 Å². The molecule has 0 spiro atoms. The molecule has 4 fully saturated rings. The highest BCUT2D eigenvalue weighted by Gasteiger charge is 2.60. The zero-order valence-electron chi connectivity index (χ0n) is 15.3. The van der Waals surface area contributed by atoms with Gasteiger partial charge < -0.3 is 10.1 Å². The van der Waals surface area contributed by atoms with Gasteiger partial charge >= 0.3 is 0 Å². The fourth-order valence-electron chi connectivity index (χ4n) is 5.87. The minimum absolute atomic E-state index is 0.122. The molecule has 6 rings (SSSR count). The van der Waals surface area contributed by atoms with Crippen molar-refractivity contribution in [3.8, 4) is 17.0 Å². The molecule has 0 radical (unpaired) electrons. The second kappa shape index (κ2) is 6.21. The third-order valence-electron chi connectivity index (χ3n) is 6.58. The molecule has 1 aromatic heterocycles. The number of nitrogens with zero attached hydrogens (tertiary/aromatic N) is 1. The van der Waals surface area contributed by atoms with E-state index in [9.17, 15) is 4.79 Å². The van der Waals surface area contributed by atoms with Crippen molar-refractivity contribution in [2.75, 3.05) is 12.4 Å². The molecule has 4 bridgehead atoms. The number of rotatable bonds is 4. The first-order valence-electron chi connectivity index (χ1n) is 9.57. The van der Waals surface area contributed by atoms with Crippen LogP contribution in [0.25, 0.3) is 11.3 Å². The Labute approximate surface area is 168 Å². The third-order valence-corrected chi connectivity index (χ3v) is 7.78. The Morgan fingerprint density at radius 3 is 2.56 bits per heavy atom. The molecule has 1 aromatic carbocycles. The summed E-state index contributed by atoms with van der Waals surface area (Å²) in [5.74, 6) is 2.16. The zero-order chi connectivity index (χ0) is 18.6. The van der Waals surface area contributed by atoms with Crippen LogP contribution in [0.2, 0.25) is 0 Å². The van der Waals surface area contributed by atoms with Gasteiger partial charge in [0, 0.05) is 15.8 Å². The number of hydrogen-bond acceptors (Lipinski definition) is 4. The van der Waals surface area contributed by atoms with E-state index >= 15 is 0 Å². The van der Waals surface area contributed by atoms with Crippen LogP contribution in [0, 0.1) is 17.3 Å². The number of alkyl halides is 1. The highest BCUT2D eigenvalue weighted by atomic mass is 35.5. The topological polar surface area (TPSA) is 51.2 Å². The van der Waals surface area contributed by atoms with E-state index < -0.39 is 0 Å². The van der Waals surface area contributed by atoms with E-state index in [4.69, 9.17) is 16.3 Å². The molecule has 1 amide bonds. The smallest absolute Gasteiger partial charge is 0.232 e. The average molecular weight is 403 g/mol. The SMILES string of the molecule is COc1ccc(-c2csc(NC(=O)C34C[C@@H]5C[C@@H](CC(Cl)(C5)C3)C4)n2)cc1. The normalized spacial score (nSPS) is 33.9. The molecule has 142 valence electrons. The van der Waals surface area contributed by atoms with Gasteiger partial charge in [0.25, 0.3) is 0 Å². The van der Waals surface area contributed by atoms with Crippen LogP contribution in [0.1, 0.15) is 38.5 Å². The summed E-state index contributed by atoms with van der Waals surface area (Å²) in [5.41, 5.74) is 1.59. The van der Waals surface area contributed by atoms with E-state index in [-0.39, 0.29) is 16.2 Å². The number of hydrogen-bond donors (Lipinski definition) is 1. The van der Waals surface area contributed by atoms with Crippen molar-refractivity contribution in [1.82, 2.24) is 4.98 Å². The van der Waals surface area contributed by atoms with Crippen LogP contribution in [-0.2, 0) is 4.79 Å². The number of benzene rings is 1. The molecule has 0 aliphatic heterocycles. The van der Waals surface area contributed by atoms with Crippen molar-refractivity contribution in [3.05, 3.63) is 29.6 Å². The van der Waals surface area contributed by atoms with Crippen LogP contribution in [0.5, 0.6) is 5.75 Å². The number of thiazole rings is 1. The lowest BCUT2D eigenvalue weighted by atomic mass is 9.49. The summed E-state index contributed by atoms with van der Waals surface area (Å²) in [6, 6.07) is 7.80. The maximum Gasteiger partial charge on any atom is 0.232 e. The van der Waals surface area contributed by atoms with Gasteiger partial charge in [0.2, 0.25) is 5.91 Å². The number of carbonyl (C=O) groups excluding carboxylic acids is 1. The van der Waals surface area contributed by atoms with Crippen molar-refractivity contribution < 1.29 is 9.53 Å². The Hall–Kier alpha value is -1.59. The summed E-state index contributed by atoms with van der Waals surface area (Å²) in [7, 11) is 1.65. The third kappa shape index (κ3) is 3.05. The Bertz CT molecular complexity index is 865. The number of aromatic nitrogens is 1. The lowest BCUT2D eigenvalue weighted by molar-refractivity contribution is -0.138. The second-order valence-electron chi connectivity index (χ2n) is 8.61. The quantitative estimate of drug-likeness (QED) is 0.702. The van der Waals surface area contributed by atoms with Crippen LogP contribution in [0.3, 0.4) is 0 Å². The van der Waals surface area contributed by atoms with Crippen LogP contribution < -0.4 is 10.1 Å². The van der Waals surface area contributed by atoms with E-state index in [0.29, 0.717) is 17.0 Å². The van der Waals surface area contributed by atoms with Crippen molar-refractivity contribution in [1.29, 1.82) is 0 Å². The molecule has 27 heavy (non-hydrogen) atoms. The first-order chi connectivity index (χ1) is 13.0.